The van der Waals surface area contributed by atoms with E-state index < -0.39 is 0 Å². The zero-order valence-electron chi connectivity index (χ0n) is 8.86. The fourth-order valence-electron chi connectivity index (χ4n) is 1.45. The van der Waals surface area contributed by atoms with Crippen molar-refractivity contribution in [2.45, 2.75) is 12.8 Å². The third-order valence-electron chi connectivity index (χ3n) is 2.27. The van der Waals surface area contributed by atoms with E-state index in [0.717, 1.165) is 17.8 Å². The molecule has 0 aliphatic carbocycles. The highest BCUT2D eigenvalue weighted by Crippen LogP contribution is 2.26. The molecule has 4 heteroatoms. The first-order chi connectivity index (χ1) is 7.31. The van der Waals surface area contributed by atoms with Gasteiger partial charge in [-0.25, -0.2) is 4.98 Å². The van der Waals surface area contributed by atoms with E-state index in [1.54, 1.807) is 23.9 Å². The zero-order valence-corrected chi connectivity index (χ0v) is 9.67. The Balaban J connectivity index is 2.17. The van der Waals surface area contributed by atoms with Crippen LogP contribution in [-0.4, -0.2) is 18.6 Å². The lowest BCUT2D eigenvalue weighted by Crippen LogP contribution is -2.14. The quantitative estimate of drug-likeness (QED) is 0.864. The average Bonchev–Trinajstić information content (AvgIpc) is 2.89. The van der Waals surface area contributed by atoms with Crippen LogP contribution >= 0.6 is 11.3 Å². The van der Waals surface area contributed by atoms with Crippen molar-refractivity contribution in [1.29, 1.82) is 0 Å². The SMILES string of the molecule is CNCC(C)c1nc(-c2ccoc2)cs1. The van der Waals surface area contributed by atoms with Crippen LogP contribution in [0.3, 0.4) is 0 Å². The summed E-state index contributed by atoms with van der Waals surface area (Å²) in [6.07, 6.45) is 3.40. The van der Waals surface area contributed by atoms with Gasteiger partial charge in [0.05, 0.1) is 23.2 Å². The molecule has 2 heterocycles. The van der Waals surface area contributed by atoms with E-state index in [2.05, 4.69) is 22.6 Å². The molecule has 0 aliphatic heterocycles. The largest absolute Gasteiger partial charge is 0.472 e. The van der Waals surface area contributed by atoms with Gasteiger partial charge >= 0.3 is 0 Å². The van der Waals surface area contributed by atoms with Gasteiger partial charge < -0.3 is 9.73 Å². The fraction of sp³-hybridized carbons (Fsp3) is 0.364. The number of hydrogen-bond donors (Lipinski definition) is 1. The van der Waals surface area contributed by atoms with E-state index in [-0.39, 0.29) is 0 Å². The summed E-state index contributed by atoms with van der Waals surface area (Å²) in [5, 5.41) is 6.40. The maximum Gasteiger partial charge on any atom is 0.0996 e. The van der Waals surface area contributed by atoms with E-state index in [1.165, 1.54) is 5.01 Å². The predicted octanol–water partition coefficient (Wildman–Crippen LogP) is 2.73. The topological polar surface area (TPSA) is 38.1 Å². The van der Waals surface area contributed by atoms with Crippen LogP contribution in [0.25, 0.3) is 11.3 Å². The summed E-state index contributed by atoms with van der Waals surface area (Å²) < 4.78 is 5.04. The highest BCUT2D eigenvalue weighted by atomic mass is 32.1. The number of rotatable bonds is 4. The summed E-state index contributed by atoms with van der Waals surface area (Å²) in [7, 11) is 1.96. The van der Waals surface area contributed by atoms with Crippen LogP contribution in [0.1, 0.15) is 17.8 Å². The molecule has 2 rings (SSSR count). The Morgan fingerprint density at radius 1 is 1.60 bits per heavy atom. The van der Waals surface area contributed by atoms with Gasteiger partial charge in [-0.05, 0) is 13.1 Å². The van der Waals surface area contributed by atoms with Crippen LogP contribution in [0.4, 0.5) is 0 Å². The second kappa shape index (κ2) is 4.59. The lowest BCUT2D eigenvalue weighted by atomic mass is 10.2. The van der Waals surface area contributed by atoms with Gasteiger partial charge in [0.25, 0.3) is 0 Å². The standard InChI is InChI=1S/C11H14N2OS/c1-8(5-12-2)11-13-10(7-15-11)9-3-4-14-6-9/h3-4,6-8,12H,5H2,1-2H3. The van der Waals surface area contributed by atoms with Gasteiger partial charge in [-0.3, -0.25) is 0 Å². The number of aromatic nitrogens is 1. The summed E-state index contributed by atoms with van der Waals surface area (Å²) >= 11 is 1.70. The van der Waals surface area contributed by atoms with Gasteiger partial charge in [0.15, 0.2) is 0 Å². The number of hydrogen-bond acceptors (Lipinski definition) is 4. The first kappa shape index (κ1) is 10.4. The molecule has 0 saturated carbocycles. The molecule has 0 aromatic carbocycles. The lowest BCUT2D eigenvalue weighted by Gasteiger charge is -2.05. The molecule has 1 atom stereocenters. The van der Waals surface area contributed by atoms with Crippen molar-refractivity contribution in [2.75, 3.05) is 13.6 Å². The Morgan fingerprint density at radius 3 is 3.13 bits per heavy atom. The molecule has 1 unspecified atom stereocenters. The molecule has 0 spiro atoms. The summed E-state index contributed by atoms with van der Waals surface area (Å²) in [5.74, 6) is 0.459. The normalized spacial score (nSPS) is 12.9. The highest BCUT2D eigenvalue weighted by Gasteiger charge is 2.10. The highest BCUT2D eigenvalue weighted by molar-refractivity contribution is 7.10. The molecule has 1 N–H and O–H groups in total. The van der Waals surface area contributed by atoms with E-state index in [9.17, 15) is 0 Å². The van der Waals surface area contributed by atoms with Crippen LogP contribution in [-0.2, 0) is 0 Å². The van der Waals surface area contributed by atoms with Crippen molar-refractivity contribution in [3.8, 4) is 11.3 Å². The van der Waals surface area contributed by atoms with Crippen molar-refractivity contribution in [3.05, 3.63) is 29.0 Å². The van der Waals surface area contributed by atoms with Crippen molar-refractivity contribution in [1.82, 2.24) is 10.3 Å². The van der Waals surface area contributed by atoms with Gasteiger partial charge in [-0.2, -0.15) is 0 Å². The first-order valence-corrected chi connectivity index (χ1v) is 5.82. The Kier molecular flexibility index (Phi) is 3.18. The molecule has 0 saturated heterocycles. The second-order valence-corrected chi connectivity index (χ2v) is 4.43. The van der Waals surface area contributed by atoms with Crippen molar-refractivity contribution in [2.24, 2.45) is 0 Å². The van der Waals surface area contributed by atoms with Gasteiger partial charge in [0.2, 0.25) is 0 Å². The minimum Gasteiger partial charge on any atom is -0.472 e. The fourth-order valence-corrected chi connectivity index (χ4v) is 2.34. The Bertz CT molecular complexity index is 408. The number of thiazole rings is 1. The molecule has 0 amide bonds. The summed E-state index contributed by atoms with van der Waals surface area (Å²) in [4.78, 5) is 4.59. The molecule has 0 bridgehead atoms. The van der Waals surface area contributed by atoms with E-state index in [4.69, 9.17) is 4.42 Å². The lowest BCUT2D eigenvalue weighted by molar-refractivity contribution is 0.568. The van der Waals surface area contributed by atoms with Crippen molar-refractivity contribution >= 4 is 11.3 Å². The molecule has 2 aromatic rings. The minimum absolute atomic E-state index is 0.459. The van der Waals surface area contributed by atoms with E-state index in [1.807, 2.05) is 13.1 Å². The number of furan rings is 1. The second-order valence-electron chi connectivity index (χ2n) is 3.54. The molecule has 0 radical (unpaired) electrons. The van der Waals surface area contributed by atoms with Crippen molar-refractivity contribution < 1.29 is 4.42 Å². The molecular formula is C11H14N2OS. The third-order valence-corrected chi connectivity index (χ3v) is 3.35. The Hall–Kier alpha value is -1.13. The third kappa shape index (κ3) is 2.27. The Labute approximate surface area is 93.2 Å². The molecule has 80 valence electrons. The number of likely N-dealkylation sites (N-methyl/N-ethyl adjacent to an activating group) is 1. The smallest absolute Gasteiger partial charge is 0.0996 e. The maximum atomic E-state index is 5.04. The Morgan fingerprint density at radius 2 is 2.47 bits per heavy atom. The monoisotopic (exact) mass is 222 g/mol. The summed E-state index contributed by atoms with van der Waals surface area (Å²) in [6, 6.07) is 1.93. The molecule has 0 fully saturated rings. The summed E-state index contributed by atoms with van der Waals surface area (Å²) in [6.45, 7) is 3.13. The van der Waals surface area contributed by atoms with Gasteiger partial charge in [-0.1, -0.05) is 6.92 Å². The van der Waals surface area contributed by atoms with Crippen LogP contribution in [0, 0.1) is 0 Å². The summed E-state index contributed by atoms with van der Waals surface area (Å²) in [5.41, 5.74) is 2.06. The molecule has 2 aromatic heterocycles. The van der Waals surface area contributed by atoms with Crippen LogP contribution in [0.15, 0.2) is 28.4 Å². The van der Waals surface area contributed by atoms with Crippen molar-refractivity contribution in [3.63, 3.8) is 0 Å². The minimum atomic E-state index is 0.459. The van der Waals surface area contributed by atoms with Crippen LogP contribution in [0.2, 0.25) is 0 Å². The maximum absolute atomic E-state index is 5.04. The van der Waals surface area contributed by atoms with Gasteiger partial charge in [0, 0.05) is 23.4 Å². The zero-order chi connectivity index (χ0) is 10.7. The molecule has 15 heavy (non-hydrogen) atoms. The van der Waals surface area contributed by atoms with Crippen LogP contribution in [0.5, 0.6) is 0 Å². The molecule has 3 nitrogen and oxygen atoms in total. The average molecular weight is 222 g/mol. The van der Waals surface area contributed by atoms with E-state index >= 15 is 0 Å². The first-order valence-electron chi connectivity index (χ1n) is 4.94. The predicted molar refractivity (Wildman–Crippen MR) is 62.2 cm³/mol. The van der Waals surface area contributed by atoms with Crippen LogP contribution < -0.4 is 5.32 Å². The molecule has 0 aliphatic rings. The van der Waals surface area contributed by atoms with Gasteiger partial charge in [-0.15, -0.1) is 11.3 Å². The molecular weight excluding hydrogens is 208 g/mol. The number of nitrogens with zero attached hydrogens (tertiary/aromatic N) is 1. The van der Waals surface area contributed by atoms with E-state index in [0.29, 0.717) is 5.92 Å². The van der Waals surface area contributed by atoms with Gasteiger partial charge in [0.1, 0.15) is 0 Å². The number of nitrogens with one attached hydrogen (secondary N) is 1.